The van der Waals surface area contributed by atoms with Crippen molar-refractivity contribution in [2.75, 3.05) is 7.05 Å². The highest BCUT2D eigenvalue weighted by Crippen LogP contribution is 2.19. The third-order valence-electron chi connectivity index (χ3n) is 3.11. The van der Waals surface area contributed by atoms with Crippen molar-refractivity contribution in [2.45, 2.75) is 39.3 Å². The summed E-state index contributed by atoms with van der Waals surface area (Å²) < 4.78 is 7.21. The molecule has 0 atom stereocenters. The summed E-state index contributed by atoms with van der Waals surface area (Å²) in [7, 11) is 1.94. The van der Waals surface area contributed by atoms with E-state index in [2.05, 4.69) is 38.9 Å². The molecule has 0 aliphatic heterocycles. The summed E-state index contributed by atoms with van der Waals surface area (Å²) in [6.07, 6.45) is 4.43. The molecule has 6 heteroatoms. The van der Waals surface area contributed by atoms with Crippen molar-refractivity contribution in [3.05, 3.63) is 29.9 Å². The summed E-state index contributed by atoms with van der Waals surface area (Å²) in [4.78, 5) is 8.41. The summed E-state index contributed by atoms with van der Waals surface area (Å²) in [5, 5.41) is 7.05. The van der Waals surface area contributed by atoms with Crippen LogP contribution in [-0.4, -0.2) is 26.7 Å². The molecule has 0 unspecified atom stereocenters. The second-order valence-corrected chi connectivity index (χ2v) is 4.83. The van der Waals surface area contributed by atoms with E-state index in [0.29, 0.717) is 18.1 Å². The number of imidazole rings is 1. The summed E-state index contributed by atoms with van der Waals surface area (Å²) in [6, 6.07) is 0. The van der Waals surface area contributed by atoms with Crippen molar-refractivity contribution >= 4 is 0 Å². The summed E-state index contributed by atoms with van der Waals surface area (Å²) in [6.45, 7) is 6.84. The van der Waals surface area contributed by atoms with E-state index in [4.69, 9.17) is 4.52 Å². The minimum atomic E-state index is -0.110. The van der Waals surface area contributed by atoms with Gasteiger partial charge in [-0.15, -0.1) is 0 Å². The summed E-state index contributed by atoms with van der Waals surface area (Å²) >= 11 is 0. The van der Waals surface area contributed by atoms with E-state index >= 15 is 0 Å². The molecule has 0 aliphatic rings. The first-order valence-electron chi connectivity index (χ1n) is 6.01. The highest BCUT2D eigenvalue weighted by Gasteiger charge is 2.22. The lowest BCUT2D eigenvalue weighted by atomic mass is 10.0. The van der Waals surface area contributed by atoms with Gasteiger partial charge in [0.15, 0.2) is 5.82 Å². The van der Waals surface area contributed by atoms with E-state index in [1.807, 2.05) is 26.5 Å². The molecule has 2 heterocycles. The molecule has 0 radical (unpaired) electrons. The molecule has 98 valence electrons. The Morgan fingerprint density at radius 1 is 1.44 bits per heavy atom. The molecule has 2 aromatic rings. The molecule has 0 bridgehead atoms. The van der Waals surface area contributed by atoms with Crippen LogP contribution in [0.5, 0.6) is 0 Å². The maximum atomic E-state index is 5.10. The van der Waals surface area contributed by atoms with Crippen LogP contribution in [0.25, 0.3) is 0 Å². The van der Waals surface area contributed by atoms with Crippen LogP contribution < -0.4 is 5.32 Å². The molecule has 2 rings (SSSR count). The number of nitrogens with zero attached hydrogens (tertiary/aromatic N) is 4. The van der Waals surface area contributed by atoms with Gasteiger partial charge in [-0.1, -0.05) is 5.16 Å². The number of aryl methyl sites for hydroxylation is 3. The van der Waals surface area contributed by atoms with E-state index in [9.17, 15) is 0 Å². The van der Waals surface area contributed by atoms with E-state index in [1.54, 1.807) is 0 Å². The Kier molecular flexibility index (Phi) is 3.47. The molecule has 18 heavy (non-hydrogen) atoms. The maximum Gasteiger partial charge on any atom is 0.228 e. The predicted molar refractivity (Wildman–Crippen MR) is 67.1 cm³/mol. The van der Waals surface area contributed by atoms with Gasteiger partial charge in [-0.25, -0.2) is 4.98 Å². The van der Waals surface area contributed by atoms with Crippen LogP contribution in [0.2, 0.25) is 0 Å². The Morgan fingerprint density at radius 2 is 2.22 bits per heavy atom. The van der Waals surface area contributed by atoms with E-state index in [-0.39, 0.29) is 5.54 Å². The monoisotopic (exact) mass is 249 g/mol. The molecule has 0 spiro atoms. The fraction of sp³-hybridized carbons (Fsp3) is 0.583. The van der Waals surface area contributed by atoms with Gasteiger partial charge < -0.3 is 14.4 Å². The minimum absolute atomic E-state index is 0.110. The lowest BCUT2D eigenvalue weighted by Crippen LogP contribution is -2.35. The van der Waals surface area contributed by atoms with Crippen LogP contribution in [0, 0.1) is 6.92 Å². The zero-order valence-corrected chi connectivity index (χ0v) is 11.3. The van der Waals surface area contributed by atoms with Crippen molar-refractivity contribution in [1.29, 1.82) is 0 Å². The normalized spacial score (nSPS) is 12.0. The quantitative estimate of drug-likeness (QED) is 0.864. The molecule has 0 aromatic carbocycles. The van der Waals surface area contributed by atoms with Crippen LogP contribution in [0.15, 0.2) is 17.0 Å². The zero-order chi connectivity index (χ0) is 13.2. The molecule has 0 amide bonds. The first-order chi connectivity index (χ1) is 8.53. The smallest absolute Gasteiger partial charge is 0.228 e. The Balaban J connectivity index is 2.09. The Bertz CT molecular complexity index is 514. The van der Waals surface area contributed by atoms with Gasteiger partial charge in [-0.05, 0) is 27.8 Å². The van der Waals surface area contributed by atoms with Gasteiger partial charge in [0.25, 0.3) is 0 Å². The lowest BCUT2D eigenvalue weighted by Gasteiger charge is -2.25. The van der Waals surface area contributed by atoms with E-state index in [1.165, 1.54) is 0 Å². The van der Waals surface area contributed by atoms with Crippen molar-refractivity contribution in [3.63, 3.8) is 0 Å². The molecule has 0 saturated heterocycles. The summed E-state index contributed by atoms with van der Waals surface area (Å²) in [5.41, 5.74) is 1.03. The van der Waals surface area contributed by atoms with Crippen LogP contribution >= 0.6 is 0 Å². The van der Waals surface area contributed by atoms with Crippen molar-refractivity contribution in [2.24, 2.45) is 0 Å². The third kappa shape index (κ3) is 2.59. The number of hydrogen-bond donors (Lipinski definition) is 1. The molecule has 2 aromatic heterocycles. The molecule has 0 fully saturated rings. The van der Waals surface area contributed by atoms with E-state index < -0.39 is 0 Å². The van der Waals surface area contributed by atoms with Crippen LogP contribution in [-0.2, 0) is 18.5 Å². The predicted octanol–water partition coefficient (Wildman–Crippen LogP) is 1.27. The van der Waals surface area contributed by atoms with Crippen LogP contribution in [0.4, 0.5) is 0 Å². The van der Waals surface area contributed by atoms with Crippen LogP contribution in [0.3, 0.4) is 0 Å². The summed E-state index contributed by atoms with van der Waals surface area (Å²) in [5.74, 6) is 1.33. The van der Waals surface area contributed by atoms with Gasteiger partial charge in [0.05, 0.1) is 17.6 Å². The fourth-order valence-corrected chi connectivity index (χ4v) is 1.81. The molecule has 6 nitrogen and oxygen atoms in total. The fourth-order valence-electron chi connectivity index (χ4n) is 1.81. The first kappa shape index (κ1) is 12.8. The maximum absolute atomic E-state index is 5.10. The standard InChI is InChI=1S/C12H19N5O/c1-9-15-11(18-16-9)5-6-17-8-14-7-10(17)12(2,3)13-4/h7-8,13H,5-6H2,1-4H3. The number of rotatable bonds is 5. The average Bonchev–Trinajstić information content (AvgIpc) is 2.95. The lowest BCUT2D eigenvalue weighted by molar-refractivity contribution is 0.361. The van der Waals surface area contributed by atoms with Gasteiger partial charge in [0.1, 0.15) is 0 Å². The molecular formula is C12H19N5O. The van der Waals surface area contributed by atoms with Crippen LogP contribution in [0.1, 0.15) is 31.3 Å². The van der Waals surface area contributed by atoms with E-state index in [0.717, 1.165) is 12.2 Å². The van der Waals surface area contributed by atoms with Gasteiger partial charge in [0, 0.05) is 19.2 Å². The Labute approximate surface area is 106 Å². The van der Waals surface area contributed by atoms with Crippen molar-refractivity contribution in [1.82, 2.24) is 25.0 Å². The minimum Gasteiger partial charge on any atom is -0.339 e. The van der Waals surface area contributed by atoms with Crippen molar-refractivity contribution in [3.8, 4) is 0 Å². The highest BCUT2D eigenvalue weighted by molar-refractivity contribution is 5.11. The van der Waals surface area contributed by atoms with Gasteiger partial charge in [-0.3, -0.25) is 0 Å². The SMILES string of the molecule is CNC(C)(C)c1cncn1CCc1nc(C)no1. The zero-order valence-electron chi connectivity index (χ0n) is 11.3. The largest absolute Gasteiger partial charge is 0.339 e. The highest BCUT2D eigenvalue weighted by atomic mass is 16.5. The van der Waals surface area contributed by atoms with Crippen molar-refractivity contribution < 1.29 is 4.52 Å². The number of nitrogens with one attached hydrogen (secondary N) is 1. The number of hydrogen-bond acceptors (Lipinski definition) is 5. The Hall–Kier alpha value is -1.69. The first-order valence-corrected chi connectivity index (χ1v) is 6.01. The molecular weight excluding hydrogens is 230 g/mol. The molecule has 1 N–H and O–H groups in total. The molecule has 0 aliphatic carbocycles. The van der Waals surface area contributed by atoms with Gasteiger partial charge in [-0.2, -0.15) is 4.98 Å². The Morgan fingerprint density at radius 3 is 2.83 bits per heavy atom. The topological polar surface area (TPSA) is 68.8 Å². The second kappa shape index (κ2) is 4.89. The van der Waals surface area contributed by atoms with Gasteiger partial charge in [0.2, 0.25) is 5.89 Å². The average molecular weight is 249 g/mol. The number of aromatic nitrogens is 4. The molecule has 0 saturated carbocycles. The second-order valence-electron chi connectivity index (χ2n) is 4.83. The third-order valence-corrected chi connectivity index (χ3v) is 3.11. The van der Waals surface area contributed by atoms with Gasteiger partial charge >= 0.3 is 0 Å².